The van der Waals surface area contributed by atoms with E-state index in [2.05, 4.69) is 10.0 Å². The molecule has 172 valence electrons. The van der Waals surface area contributed by atoms with Crippen molar-refractivity contribution in [3.63, 3.8) is 0 Å². The van der Waals surface area contributed by atoms with E-state index in [1.807, 2.05) is 30.3 Å². The molecule has 2 aromatic carbocycles. The second kappa shape index (κ2) is 10.3. The van der Waals surface area contributed by atoms with E-state index in [4.69, 9.17) is 0 Å². The van der Waals surface area contributed by atoms with Crippen molar-refractivity contribution < 1.29 is 18.0 Å². The van der Waals surface area contributed by atoms with Gasteiger partial charge >= 0.3 is 0 Å². The van der Waals surface area contributed by atoms with Crippen molar-refractivity contribution in [3.8, 4) is 0 Å². The molecule has 0 unspecified atom stereocenters. The first-order valence-corrected chi connectivity index (χ1v) is 12.5. The zero-order chi connectivity index (χ0) is 23.3. The molecule has 1 aliphatic heterocycles. The number of hydrogen-bond donors (Lipinski definition) is 2. The Labute approximate surface area is 190 Å². The lowest BCUT2D eigenvalue weighted by Gasteiger charge is -2.22. The van der Waals surface area contributed by atoms with E-state index in [1.165, 1.54) is 6.07 Å². The van der Waals surface area contributed by atoms with E-state index in [0.29, 0.717) is 32.4 Å². The number of carbonyl (C=O) groups excluding carboxylic acids is 2. The minimum atomic E-state index is -3.91. The smallest absolute Gasteiger partial charge is 0.241 e. The van der Waals surface area contributed by atoms with E-state index in [-0.39, 0.29) is 22.6 Å². The van der Waals surface area contributed by atoms with Gasteiger partial charge in [0.1, 0.15) is 6.04 Å². The predicted molar refractivity (Wildman–Crippen MR) is 125 cm³/mol. The molecule has 0 spiro atoms. The molecule has 8 heteroatoms. The maximum Gasteiger partial charge on any atom is 0.241 e. The molecule has 0 aliphatic carbocycles. The number of fused-ring (bicyclic) bond motifs is 1. The first kappa shape index (κ1) is 23.9. The van der Waals surface area contributed by atoms with Crippen molar-refractivity contribution in [2.24, 2.45) is 5.92 Å². The third-order valence-electron chi connectivity index (χ3n) is 5.65. The quantitative estimate of drug-likeness (QED) is 0.605. The van der Waals surface area contributed by atoms with Crippen molar-refractivity contribution in [1.82, 2.24) is 10.0 Å². The minimum Gasteiger partial charge on any atom is -0.354 e. The third-order valence-corrected chi connectivity index (χ3v) is 7.09. The molecule has 3 rings (SSSR count). The van der Waals surface area contributed by atoms with Gasteiger partial charge in [0, 0.05) is 25.2 Å². The van der Waals surface area contributed by atoms with Gasteiger partial charge in [-0.2, -0.15) is 4.72 Å². The fraction of sp³-hybridized carbons (Fsp3) is 0.417. The van der Waals surface area contributed by atoms with Crippen molar-refractivity contribution in [1.29, 1.82) is 0 Å². The highest BCUT2D eigenvalue weighted by atomic mass is 32.2. The van der Waals surface area contributed by atoms with Crippen LogP contribution in [0.3, 0.4) is 0 Å². The van der Waals surface area contributed by atoms with E-state index in [1.54, 1.807) is 37.8 Å². The Kier molecular flexibility index (Phi) is 7.69. The third kappa shape index (κ3) is 5.55. The van der Waals surface area contributed by atoms with Gasteiger partial charge in [0.15, 0.2) is 0 Å². The summed E-state index contributed by atoms with van der Waals surface area (Å²) < 4.78 is 28.7. The van der Waals surface area contributed by atoms with Crippen LogP contribution >= 0.6 is 0 Å². The molecule has 7 nitrogen and oxygen atoms in total. The summed E-state index contributed by atoms with van der Waals surface area (Å²) in [4.78, 5) is 26.6. The average Bonchev–Trinajstić information content (AvgIpc) is 3.21. The Bertz CT molecular complexity index is 1070. The average molecular weight is 458 g/mol. The Morgan fingerprint density at radius 3 is 2.47 bits per heavy atom. The monoisotopic (exact) mass is 457 g/mol. The molecule has 0 saturated heterocycles. The van der Waals surface area contributed by atoms with Crippen LogP contribution in [-0.2, 0) is 32.5 Å². The van der Waals surface area contributed by atoms with Crippen LogP contribution in [0.2, 0.25) is 0 Å². The van der Waals surface area contributed by atoms with Gasteiger partial charge < -0.3 is 10.2 Å². The Hall–Kier alpha value is -2.71. The van der Waals surface area contributed by atoms with Crippen molar-refractivity contribution in [2.75, 3.05) is 18.0 Å². The number of hydrogen-bond acceptors (Lipinski definition) is 4. The van der Waals surface area contributed by atoms with Crippen LogP contribution in [0, 0.1) is 5.92 Å². The summed E-state index contributed by atoms with van der Waals surface area (Å²) in [5.74, 6) is -0.557. The summed E-state index contributed by atoms with van der Waals surface area (Å²) in [7, 11) is -3.91. The van der Waals surface area contributed by atoms with Gasteiger partial charge in [-0.05, 0) is 48.1 Å². The van der Waals surface area contributed by atoms with Gasteiger partial charge in [0.05, 0.1) is 4.90 Å². The summed E-state index contributed by atoms with van der Waals surface area (Å²) in [6.45, 7) is 6.40. The molecule has 0 fully saturated rings. The van der Waals surface area contributed by atoms with Crippen LogP contribution in [0.5, 0.6) is 0 Å². The van der Waals surface area contributed by atoms with Crippen molar-refractivity contribution in [3.05, 3.63) is 59.7 Å². The summed E-state index contributed by atoms with van der Waals surface area (Å²) in [6, 6.07) is 13.7. The van der Waals surface area contributed by atoms with E-state index in [0.717, 1.165) is 16.8 Å². The number of amides is 2. The van der Waals surface area contributed by atoms with E-state index >= 15 is 0 Å². The van der Waals surface area contributed by atoms with E-state index in [9.17, 15) is 18.0 Å². The maximum atomic E-state index is 13.0. The van der Waals surface area contributed by atoms with Crippen LogP contribution in [0.1, 0.15) is 38.3 Å². The summed E-state index contributed by atoms with van der Waals surface area (Å²) in [5, 5.41) is 2.84. The first-order chi connectivity index (χ1) is 15.2. The Morgan fingerprint density at radius 1 is 1.09 bits per heavy atom. The second-order valence-electron chi connectivity index (χ2n) is 8.31. The molecule has 32 heavy (non-hydrogen) atoms. The molecule has 2 amide bonds. The molecule has 2 N–H and O–H groups in total. The Morgan fingerprint density at radius 2 is 1.81 bits per heavy atom. The number of carbonyl (C=O) groups is 2. The molecule has 1 atom stereocenters. The molecule has 1 heterocycles. The van der Waals surface area contributed by atoms with E-state index < -0.39 is 16.1 Å². The fourth-order valence-corrected chi connectivity index (χ4v) is 5.20. The minimum absolute atomic E-state index is 0.0181. The normalized spacial score (nSPS) is 14.3. The first-order valence-electron chi connectivity index (χ1n) is 11.0. The Balaban J connectivity index is 1.69. The maximum absolute atomic E-state index is 13.0. The highest BCUT2D eigenvalue weighted by Gasteiger charge is 2.30. The number of sulfonamides is 1. The van der Waals surface area contributed by atoms with Gasteiger partial charge in [0.2, 0.25) is 21.8 Å². The highest BCUT2D eigenvalue weighted by Crippen LogP contribution is 2.30. The summed E-state index contributed by atoms with van der Waals surface area (Å²) in [5.41, 5.74) is 2.68. The van der Waals surface area contributed by atoms with Gasteiger partial charge in [-0.15, -0.1) is 0 Å². The molecule has 0 saturated carbocycles. The van der Waals surface area contributed by atoms with Gasteiger partial charge in [-0.25, -0.2) is 8.42 Å². The predicted octanol–water partition coefficient (Wildman–Crippen LogP) is 2.65. The molecular formula is C24H31N3O4S. The molecule has 0 aromatic heterocycles. The van der Waals surface area contributed by atoms with Crippen molar-refractivity contribution in [2.45, 2.75) is 51.0 Å². The molecule has 1 aliphatic rings. The van der Waals surface area contributed by atoms with Gasteiger partial charge in [0.25, 0.3) is 0 Å². The zero-order valence-electron chi connectivity index (χ0n) is 18.8. The number of nitrogens with zero attached hydrogens (tertiary/aromatic N) is 1. The number of benzene rings is 2. The lowest BCUT2D eigenvalue weighted by molar-refractivity contribution is -0.123. The van der Waals surface area contributed by atoms with Crippen LogP contribution in [0.15, 0.2) is 53.4 Å². The van der Waals surface area contributed by atoms with Crippen molar-refractivity contribution >= 4 is 27.5 Å². The van der Waals surface area contributed by atoms with Crippen LogP contribution < -0.4 is 14.9 Å². The standard InChI is InChI=1S/C24H31N3O4S/c1-4-22(28)27-15-13-19-16-20(10-11-21(19)27)32(30,31)26-23(17(2)3)24(29)25-14-12-18-8-6-5-7-9-18/h5-11,16-17,23,26H,4,12-15H2,1-3H3,(H,25,29)/t23-/m1/s1. The largest absolute Gasteiger partial charge is 0.354 e. The van der Waals surface area contributed by atoms with Crippen LogP contribution in [0.25, 0.3) is 0 Å². The van der Waals surface area contributed by atoms with Gasteiger partial charge in [-0.3, -0.25) is 9.59 Å². The molecule has 0 radical (unpaired) electrons. The number of anilines is 1. The SMILES string of the molecule is CCC(=O)N1CCc2cc(S(=O)(=O)N[C@@H](C(=O)NCCc3ccccc3)C(C)C)ccc21. The lowest BCUT2D eigenvalue weighted by atomic mass is 10.0. The number of nitrogens with one attached hydrogen (secondary N) is 2. The molecule has 0 bridgehead atoms. The fourth-order valence-electron chi connectivity index (χ4n) is 3.81. The molecular weight excluding hydrogens is 426 g/mol. The topological polar surface area (TPSA) is 95.6 Å². The highest BCUT2D eigenvalue weighted by molar-refractivity contribution is 7.89. The number of rotatable bonds is 9. The lowest BCUT2D eigenvalue weighted by Crippen LogP contribution is -2.49. The summed E-state index contributed by atoms with van der Waals surface area (Å²) in [6.07, 6.45) is 1.68. The zero-order valence-corrected chi connectivity index (χ0v) is 19.6. The molecule has 2 aromatic rings. The summed E-state index contributed by atoms with van der Waals surface area (Å²) >= 11 is 0. The second-order valence-corrected chi connectivity index (χ2v) is 10.0. The van der Waals surface area contributed by atoms with Crippen LogP contribution in [0.4, 0.5) is 5.69 Å². The van der Waals surface area contributed by atoms with Gasteiger partial charge in [-0.1, -0.05) is 51.1 Å². The van der Waals surface area contributed by atoms with Crippen LogP contribution in [-0.4, -0.2) is 39.4 Å².